The largest absolute Gasteiger partial charge is 0.328 e. The van der Waals surface area contributed by atoms with E-state index in [-0.39, 0.29) is 30.1 Å². The molecule has 2 aromatic heterocycles. The number of nitrogens with zero attached hydrogens (tertiary/aromatic N) is 5. The second-order valence-electron chi connectivity index (χ2n) is 5.99. The van der Waals surface area contributed by atoms with Gasteiger partial charge >= 0.3 is 0 Å². The van der Waals surface area contributed by atoms with Crippen LogP contribution in [0.4, 0.5) is 4.39 Å². The molecular formula is C17H16FN5O. The van der Waals surface area contributed by atoms with Crippen molar-refractivity contribution in [3.05, 3.63) is 59.4 Å². The molecule has 0 radical (unpaired) electrons. The lowest BCUT2D eigenvalue weighted by molar-refractivity contribution is 0.0716. The molecule has 1 fully saturated rings. The SMILES string of the molecule is Cc1ccnc2nc(C(=O)N(Cc3ccccc3F)C3CC3)nn12. The first-order valence-electron chi connectivity index (χ1n) is 7.86. The number of rotatable bonds is 4. The van der Waals surface area contributed by atoms with E-state index in [1.165, 1.54) is 6.07 Å². The number of aromatic nitrogens is 4. The molecule has 4 rings (SSSR count). The highest BCUT2D eigenvalue weighted by Crippen LogP contribution is 2.30. The summed E-state index contributed by atoms with van der Waals surface area (Å²) >= 11 is 0. The Kier molecular flexibility index (Phi) is 3.48. The number of aryl methyl sites for hydroxylation is 1. The molecule has 7 heteroatoms. The topological polar surface area (TPSA) is 63.4 Å². The summed E-state index contributed by atoms with van der Waals surface area (Å²) in [4.78, 5) is 22.9. The van der Waals surface area contributed by atoms with Gasteiger partial charge in [-0.15, -0.1) is 5.10 Å². The maximum absolute atomic E-state index is 13.9. The average molecular weight is 325 g/mol. The van der Waals surface area contributed by atoms with Crippen molar-refractivity contribution in [2.24, 2.45) is 0 Å². The lowest BCUT2D eigenvalue weighted by Crippen LogP contribution is -2.33. The van der Waals surface area contributed by atoms with E-state index >= 15 is 0 Å². The van der Waals surface area contributed by atoms with Crippen molar-refractivity contribution >= 4 is 11.7 Å². The van der Waals surface area contributed by atoms with Gasteiger partial charge in [0.25, 0.3) is 11.7 Å². The molecule has 0 spiro atoms. The Hall–Kier alpha value is -2.83. The molecule has 24 heavy (non-hydrogen) atoms. The highest BCUT2D eigenvalue weighted by molar-refractivity contribution is 5.91. The molecule has 0 saturated heterocycles. The van der Waals surface area contributed by atoms with Crippen LogP contribution < -0.4 is 0 Å². The zero-order valence-corrected chi connectivity index (χ0v) is 13.2. The van der Waals surface area contributed by atoms with Gasteiger partial charge in [0.15, 0.2) is 0 Å². The third-order valence-electron chi connectivity index (χ3n) is 4.17. The van der Waals surface area contributed by atoms with E-state index in [4.69, 9.17) is 0 Å². The van der Waals surface area contributed by atoms with Crippen LogP contribution in [0.25, 0.3) is 5.78 Å². The van der Waals surface area contributed by atoms with Gasteiger partial charge in [-0.25, -0.2) is 13.9 Å². The van der Waals surface area contributed by atoms with Gasteiger partial charge in [0.2, 0.25) is 5.82 Å². The predicted molar refractivity (Wildman–Crippen MR) is 84.8 cm³/mol. The van der Waals surface area contributed by atoms with E-state index < -0.39 is 0 Å². The fourth-order valence-electron chi connectivity index (χ4n) is 2.69. The summed E-state index contributed by atoms with van der Waals surface area (Å²) in [6.07, 6.45) is 3.47. The van der Waals surface area contributed by atoms with Crippen molar-refractivity contribution in [2.75, 3.05) is 0 Å². The molecule has 1 aliphatic rings. The Morgan fingerprint density at radius 1 is 1.33 bits per heavy atom. The molecule has 0 N–H and O–H groups in total. The van der Waals surface area contributed by atoms with E-state index in [0.717, 1.165) is 18.5 Å². The fraction of sp³-hybridized carbons (Fsp3) is 0.294. The van der Waals surface area contributed by atoms with Crippen LogP contribution in [-0.4, -0.2) is 36.4 Å². The number of benzene rings is 1. The monoisotopic (exact) mass is 325 g/mol. The van der Waals surface area contributed by atoms with Gasteiger partial charge < -0.3 is 4.90 Å². The Balaban J connectivity index is 1.66. The highest BCUT2D eigenvalue weighted by Gasteiger charge is 2.35. The molecule has 2 heterocycles. The number of hydrogen-bond acceptors (Lipinski definition) is 4. The van der Waals surface area contributed by atoms with Crippen LogP contribution in [-0.2, 0) is 6.54 Å². The van der Waals surface area contributed by atoms with Gasteiger partial charge in [-0.3, -0.25) is 4.79 Å². The first-order chi connectivity index (χ1) is 11.6. The summed E-state index contributed by atoms with van der Waals surface area (Å²) in [5, 5.41) is 4.27. The second kappa shape index (κ2) is 5.67. The Bertz CT molecular complexity index is 918. The minimum atomic E-state index is -0.309. The Morgan fingerprint density at radius 2 is 2.12 bits per heavy atom. The molecule has 1 aromatic carbocycles. The number of carbonyl (C=O) groups excluding carboxylic acids is 1. The zero-order valence-electron chi connectivity index (χ0n) is 13.2. The zero-order chi connectivity index (χ0) is 16.7. The van der Waals surface area contributed by atoms with Crippen LogP contribution >= 0.6 is 0 Å². The van der Waals surface area contributed by atoms with Crippen molar-refractivity contribution in [1.29, 1.82) is 0 Å². The molecule has 0 bridgehead atoms. The van der Waals surface area contributed by atoms with Gasteiger partial charge in [0.05, 0.1) is 0 Å². The minimum Gasteiger partial charge on any atom is -0.328 e. The molecule has 1 saturated carbocycles. The van der Waals surface area contributed by atoms with Crippen LogP contribution in [0, 0.1) is 12.7 Å². The normalized spacial score (nSPS) is 14.1. The molecule has 0 unspecified atom stereocenters. The first-order valence-corrected chi connectivity index (χ1v) is 7.86. The number of carbonyl (C=O) groups is 1. The lowest BCUT2D eigenvalue weighted by Gasteiger charge is -2.21. The Morgan fingerprint density at radius 3 is 2.83 bits per heavy atom. The highest BCUT2D eigenvalue weighted by atomic mass is 19.1. The number of amides is 1. The van der Waals surface area contributed by atoms with Crippen LogP contribution in [0.5, 0.6) is 0 Å². The van der Waals surface area contributed by atoms with E-state index in [1.807, 2.05) is 6.92 Å². The van der Waals surface area contributed by atoms with Gasteiger partial charge in [-0.05, 0) is 31.9 Å². The predicted octanol–water partition coefficient (Wildman–Crippen LogP) is 2.38. The average Bonchev–Trinajstić information content (AvgIpc) is 3.31. The molecule has 0 aliphatic heterocycles. The molecule has 1 amide bonds. The van der Waals surface area contributed by atoms with Gasteiger partial charge in [0.1, 0.15) is 5.82 Å². The summed E-state index contributed by atoms with van der Waals surface area (Å²) in [5.41, 5.74) is 1.34. The molecule has 0 atom stereocenters. The smallest absolute Gasteiger partial charge is 0.294 e. The maximum atomic E-state index is 13.9. The summed E-state index contributed by atoms with van der Waals surface area (Å²) in [5.74, 6) is -0.109. The molecule has 6 nitrogen and oxygen atoms in total. The summed E-state index contributed by atoms with van der Waals surface area (Å²) in [6.45, 7) is 2.09. The van der Waals surface area contributed by atoms with Crippen LogP contribution in [0.3, 0.4) is 0 Å². The van der Waals surface area contributed by atoms with E-state index in [9.17, 15) is 9.18 Å². The third kappa shape index (κ3) is 2.62. The van der Waals surface area contributed by atoms with Crippen molar-refractivity contribution in [2.45, 2.75) is 32.4 Å². The van der Waals surface area contributed by atoms with Crippen LogP contribution in [0.2, 0.25) is 0 Å². The van der Waals surface area contributed by atoms with Crippen molar-refractivity contribution in [1.82, 2.24) is 24.5 Å². The number of halogens is 1. The number of fused-ring (bicyclic) bond motifs is 1. The van der Waals surface area contributed by atoms with Gasteiger partial charge in [0, 0.05) is 30.0 Å². The van der Waals surface area contributed by atoms with Gasteiger partial charge in [-0.1, -0.05) is 18.2 Å². The van der Waals surface area contributed by atoms with E-state index in [2.05, 4.69) is 15.1 Å². The summed E-state index contributed by atoms with van der Waals surface area (Å²) in [7, 11) is 0. The third-order valence-corrected chi connectivity index (χ3v) is 4.17. The first kappa shape index (κ1) is 14.7. The summed E-state index contributed by atoms with van der Waals surface area (Å²) < 4.78 is 15.5. The minimum absolute atomic E-state index is 0.0973. The molecule has 122 valence electrons. The molecule has 1 aliphatic carbocycles. The molecule has 3 aromatic rings. The second-order valence-corrected chi connectivity index (χ2v) is 5.99. The summed E-state index contributed by atoms with van der Waals surface area (Å²) in [6, 6.07) is 8.43. The molecular weight excluding hydrogens is 309 g/mol. The fourth-order valence-corrected chi connectivity index (χ4v) is 2.69. The van der Waals surface area contributed by atoms with E-state index in [0.29, 0.717) is 11.3 Å². The lowest BCUT2D eigenvalue weighted by atomic mass is 10.2. The van der Waals surface area contributed by atoms with Crippen LogP contribution in [0.15, 0.2) is 36.5 Å². The van der Waals surface area contributed by atoms with Crippen molar-refractivity contribution in [3.63, 3.8) is 0 Å². The quantitative estimate of drug-likeness (QED) is 0.739. The Labute approximate surface area is 138 Å². The van der Waals surface area contributed by atoms with Crippen molar-refractivity contribution in [3.8, 4) is 0 Å². The number of hydrogen-bond donors (Lipinski definition) is 0. The van der Waals surface area contributed by atoms with Gasteiger partial charge in [-0.2, -0.15) is 4.98 Å². The van der Waals surface area contributed by atoms with Crippen molar-refractivity contribution < 1.29 is 9.18 Å². The van der Waals surface area contributed by atoms with Crippen LogP contribution in [0.1, 0.15) is 34.7 Å². The maximum Gasteiger partial charge on any atom is 0.294 e. The standard InChI is InChI=1S/C17H16FN5O/c1-11-8-9-19-17-20-15(21-23(11)17)16(24)22(13-6-7-13)10-12-4-2-3-5-14(12)18/h2-5,8-9,13H,6-7,10H2,1H3. The van der Waals surface area contributed by atoms with E-state index in [1.54, 1.807) is 39.9 Å².